The summed E-state index contributed by atoms with van der Waals surface area (Å²) in [5, 5.41) is 22.5. The van der Waals surface area contributed by atoms with Crippen molar-refractivity contribution in [3.05, 3.63) is 12.7 Å². The van der Waals surface area contributed by atoms with Crippen LogP contribution in [0.2, 0.25) is 0 Å². The molecule has 0 bridgehead atoms. The molecule has 5 atom stereocenters. The largest absolute Gasteiger partial charge is 0.371 e. The van der Waals surface area contributed by atoms with E-state index >= 15 is 0 Å². The van der Waals surface area contributed by atoms with Crippen molar-refractivity contribution < 1.29 is 32.7 Å². The van der Waals surface area contributed by atoms with Crippen LogP contribution in [0.15, 0.2) is 12.7 Å². The molecule has 1 unspecified atom stereocenters. The Morgan fingerprint density at radius 1 is 0.902 bits per heavy atom. The zero-order valence-corrected chi connectivity index (χ0v) is 31.2. The maximum absolute atomic E-state index is 14.4. The molecule has 13 nitrogen and oxygen atoms in total. The van der Waals surface area contributed by atoms with Crippen LogP contribution in [0.4, 0.5) is 4.79 Å². The molecule has 2 saturated carbocycles. The number of ketones is 1. The number of rotatable bonds is 10. The van der Waals surface area contributed by atoms with Gasteiger partial charge in [-0.15, -0.1) is 6.58 Å². The lowest BCUT2D eigenvalue weighted by Crippen LogP contribution is -2.61. The Hall–Kier alpha value is -2.55. The van der Waals surface area contributed by atoms with Crippen LogP contribution in [-0.2, 0) is 24.4 Å². The molecule has 2 aliphatic carbocycles. The molecule has 3 heterocycles. The quantitative estimate of drug-likeness (QED) is 0.168. The molecule has 0 spiro atoms. The molecule has 51 heavy (non-hydrogen) atoms. The smallest absolute Gasteiger partial charge is 0.315 e. The molecule has 4 amide bonds. The van der Waals surface area contributed by atoms with Gasteiger partial charge in [0.2, 0.25) is 21.8 Å². The minimum Gasteiger partial charge on any atom is -0.371 e. The summed E-state index contributed by atoms with van der Waals surface area (Å²) in [7, 11) is -3.60. The summed E-state index contributed by atoms with van der Waals surface area (Å²) in [6.45, 7) is 5.18. The van der Waals surface area contributed by atoms with E-state index in [1.807, 2.05) is 0 Å². The summed E-state index contributed by atoms with van der Waals surface area (Å²) in [6.07, 6.45) is 15.8. The number of piperidine rings is 1. The van der Waals surface area contributed by atoms with E-state index < -0.39 is 57.6 Å². The number of hydrogen-bond donors (Lipinski definition) is 5. The number of carbonyl (C=O) groups excluding carboxylic acids is 4. The molecule has 0 aromatic heterocycles. The van der Waals surface area contributed by atoms with Crippen LogP contribution in [0, 0.1) is 5.92 Å². The number of urea groups is 1. The Kier molecular flexibility index (Phi) is 14.4. The Balaban J connectivity index is 1.32. The van der Waals surface area contributed by atoms with E-state index in [0.717, 1.165) is 89.9 Å². The van der Waals surface area contributed by atoms with Gasteiger partial charge in [-0.1, -0.05) is 76.7 Å². The van der Waals surface area contributed by atoms with Gasteiger partial charge < -0.3 is 26.0 Å². The number of aliphatic hydroxyl groups excluding tert-OH is 1. The number of carbonyl (C=O) groups is 4. The summed E-state index contributed by atoms with van der Waals surface area (Å²) in [5.41, 5.74) is -0.926. The lowest BCUT2D eigenvalue weighted by atomic mass is 9.83. The molecular weight excluding hydrogens is 673 g/mol. The molecule has 5 N–H and O–H groups in total. The number of sulfonamides is 1. The van der Waals surface area contributed by atoms with Gasteiger partial charge in [-0.2, -0.15) is 0 Å². The van der Waals surface area contributed by atoms with Gasteiger partial charge in [0.1, 0.15) is 12.1 Å². The number of nitrogens with one attached hydrogen (secondary N) is 4. The SMILES string of the molecule is C=C[C@@H]1C[C@H]2C(=O)N[C@H](C(=O)C(O)NC3CC3)CCCCCCCCC[C@H](NC(=O)NC3(CS(=O)(=O)N4CCCCC4)CCCCC3)C(=O)N2C1. The van der Waals surface area contributed by atoms with E-state index in [9.17, 15) is 32.7 Å². The number of nitrogens with zero attached hydrogens (tertiary/aromatic N) is 2. The molecule has 14 heteroatoms. The van der Waals surface area contributed by atoms with Gasteiger partial charge in [-0.25, -0.2) is 17.5 Å². The van der Waals surface area contributed by atoms with E-state index in [0.29, 0.717) is 51.6 Å². The second-order valence-electron chi connectivity index (χ2n) is 15.8. The third-order valence-corrected chi connectivity index (χ3v) is 13.7. The summed E-state index contributed by atoms with van der Waals surface area (Å²) in [4.78, 5) is 57.0. The Labute approximate surface area is 304 Å². The van der Waals surface area contributed by atoms with E-state index in [2.05, 4.69) is 27.8 Å². The standard InChI is InChI=1S/C37H62N6O7S/c1-2-27-24-31-33(45)39-29(32(44)34(46)38-28-18-19-28)16-10-6-4-3-5-7-11-17-30(35(47)43(31)25-27)40-36(48)41-37(20-12-8-13-21-37)26-51(49,50)42-22-14-9-15-23-42/h2,27-31,34,38,46H,1,3-26H2,(H,39,45)(H2,40,41,48)/t27-,29+,30+,31+,34?/m1/s1. The van der Waals surface area contributed by atoms with Crippen molar-refractivity contribution in [3.8, 4) is 0 Å². The van der Waals surface area contributed by atoms with Crippen LogP contribution in [0.25, 0.3) is 0 Å². The highest BCUT2D eigenvalue weighted by atomic mass is 32.2. The predicted molar refractivity (Wildman–Crippen MR) is 195 cm³/mol. The maximum Gasteiger partial charge on any atom is 0.315 e. The summed E-state index contributed by atoms with van der Waals surface area (Å²) in [6, 6.07) is -3.14. The Morgan fingerprint density at radius 2 is 1.51 bits per heavy atom. The lowest BCUT2D eigenvalue weighted by Gasteiger charge is -2.40. The minimum absolute atomic E-state index is 0.107. The number of Topliss-reactive ketones (excluding diaryl/α,β-unsaturated/α-hetero) is 1. The summed E-state index contributed by atoms with van der Waals surface area (Å²) >= 11 is 0. The summed E-state index contributed by atoms with van der Waals surface area (Å²) in [5.74, 6) is -1.61. The van der Waals surface area contributed by atoms with E-state index in [1.165, 1.54) is 4.90 Å². The van der Waals surface area contributed by atoms with Crippen LogP contribution in [0.3, 0.4) is 0 Å². The normalized spacial score (nSPS) is 29.7. The topological polar surface area (TPSA) is 177 Å². The number of fused-ring (bicyclic) bond motifs is 1. The molecule has 288 valence electrons. The number of aliphatic hydroxyl groups is 1. The molecule has 0 radical (unpaired) electrons. The van der Waals surface area contributed by atoms with Crippen molar-refractivity contribution in [2.24, 2.45) is 5.92 Å². The predicted octanol–water partition coefficient (Wildman–Crippen LogP) is 3.22. The van der Waals surface area contributed by atoms with Crippen molar-refractivity contribution >= 4 is 33.7 Å². The van der Waals surface area contributed by atoms with Gasteiger partial charge in [0.25, 0.3) is 0 Å². The van der Waals surface area contributed by atoms with Gasteiger partial charge in [-0.3, -0.25) is 19.7 Å². The van der Waals surface area contributed by atoms with Crippen molar-refractivity contribution in [2.75, 3.05) is 25.4 Å². The van der Waals surface area contributed by atoms with E-state index in [4.69, 9.17) is 0 Å². The maximum atomic E-state index is 14.4. The fraction of sp³-hybridized carbons (Fsp3) is 0.838. The van der Waals surface area contributed by atoms with Crippen molar-refractivity contribution in [1.29, 1.82) is 0 Å². The van der Waals surface area contributed by atoms with Crippen LogP contribution in [0.1, 0.15) is 128 Å². The van der Waals surface area contributed by atoms with Gasteiger partial charge in [-0.05, 0) is 63.7 Å². The molecule has 5 rings (SSSR count). The van der Waals surface area contributed by atoms with Crippen LogP contribution in [-0.4, -0.2) is 108 Å². The number of amides is 4. The molecule has 3 aliphatic heterocycles. The third-order valence-electron chi connectivity index (χ3n) is 11.6. The van der Waals surface area contributed by atoms with E-state index in [1.54, 1.807) is 10.4 Å². The Morgan fingerprint density at radius 3 is 2.16 bits per heavy atom. The highest BCUT2D eigenvalue weighted by Gasteiger charge is 2.44. The van der Waals surface area contributed by atoms with Crippen molar-refractivity contribution in [3.63, 3.8) is 0 Å². The van der Waals surface area contributed by atoms with Crippen LogP contribution < -0.4 is 21.3 Å². The Bertz CT molecular complexity index is 1330. The fourth-order valence-electron chi connectivity index (χ4n) is 8.42. The van der Waals surface area contributed by atoms with E-state index in [-0.39, 0.29) is 30.2 Å². The zero-order chi connectivity index (χ0) is 36.4. The van der Waals surface area contributed by atoms with Gasteiger partial charge in [0, 0.05) is 25.7 Å². The van der Waals surface area contributed by atoms with Crippen molar-refractivity contribution in [2.45, 2.75) is 164 Å². The fourth-order valence-corrected chi connectivity index (χ4v) is 10.5. The molecule has 5 aliphatic rings. The van der Waals surface area contributed by atoms with Gasteiger partial charge in [0.15, 0.2) is 12.0 Å². The number of hydrogen-bond acceptors (Lipinski definition) is 8. The average Bonchev–Trinajstić information content (AvgIpc) is 3.82. The summed E-state index contributed by atoms with van der Waals surface area (Å²) < 4.78 is 28.7. The van der Waals surface area contributed by atoms with Gasteiger partial charge >= 0.3 is 6.03 Å². The molecule has 0 aromatic carbocycles. The average molecular weight is 735 g/mol. The van der Waals surface area contributed by atoms with Crippen LogP contribution >= 0.6 is 0 Å². The first-order valence-electron chi connectivity index (χ1n) is 19.8. The second kappa shape index (κ2) is 18.5. The first-order valence-corrected chi connectivity index (χ1v) is 21.4. The monoisotopic (exact) mass is 734 g/mol. The first-order chi connectivity index (χ1) is 24.5. The van der Waals surface area contributed by atoms with Crippen molar-refractivity contribution in [1.82, 2.24) is 30.5 Å². The highest BCUT2D eigenvalue weighted by Crippen LogP contribution is 2.32. The van der Waals surface area contributed by atoms with Gasteiger partial charge in [0.05, 0.1) is 17.3 Å². The molecule has 3 saturated heterocycles. The molecule has 5 fully saturated rings. The molecular formula is C37H62N6O7S. The second-order valence-corrected chi connectivity index (χ2v) is 17.8. The molecule has 0 aromatic rings. The first kappa shape index (κ1) is 39.7. The highest BCUT2D eigenvalue weighted by molar-refractivity contribution is 7.89. The minimum atomic E-state index is -3.60. The third kappa shape index (κ3) is 11.2. The lowest BCUT2D eigenvalue weighted by molar-refractivity contribution is -0.141. The zero-order valence-electron chi connectivity index (χ0n) is 30.4. The van der Waals surface area contributed by atoms with Crippen LogP contribution in [0.5, 0.6) is 0 Å².